The first-order valence-corrected chi connectivity index (χ1v) is 7.92. The predicted octanol–water partition coefficient (Wildman–Crippen LogP) is 1.37. The molecule has 0 aromatic carbocycles. The van der Waals surface area contributed by atoms with E-state index in [4.69, 9.17) is 5.73 Å². The monoisotopic (exact) mass is 297 g/mol. The summed E-state index contributed by atoms with van der Waals surface area (Å²) in [6.07, 6.45) is 3.56. The summed E-state index contributed by atoms with van der Waals surface area (Å²) >= 11 is 1.31. The second-order valence-corrected chi connectivity index (χ2v) is 6.13. The van der Waals surface area contributed by atoms with Gasteiger partial charge in [-0.3, -0.25) is 4.79 Å². The molecule has 1 amide bonds. The highest BCUT2D eigenvalue weighted by Gasteiger charge is 2.25. The van der Waals surface area contributed by atoms with E-state index in [0.717, 1.165) is 19.5 Å². The summed E-state index contributed by atoms with van der Waals surface area (Å²) in [7, 11) is 2.09. The Balaban J connectivity index is 1.80. The van der Waals surface area contributed by atoms with Gasteiger partial charge >= 0.3 is 0 Å². The van der Waals surface area contributed by atoms with Crippen molar-refractivity contribution in [1.82, 2.24) is 15.2 Å². The normalized spacial score (nSPS) is 14.6. The van der Waals surface area contributed by atoms with E-state index in [1.165, 1.54) is 24.2 Å². The lowest BCUT2D eigenvalue weighted by Gasteiger charge is -2.15. The van der Waals surface area contributed by atoms with Crippen molar-refractivity contribution in [2.75, 3.05) is 37.7 Å². The number of rotatable bonds is 8. The van der Waals surface area contributed by atoms with Gasteiger partial charge in [-0.1, -0.05) is 18.3 Å². The zero-order chi connectivity index (χ0) is 14.5. The third-order valence-corrected chi connectivity index (χ3v) is 4.33. The Kier molecular flexibility index (Phi) is 5.19. The largest absolute Gasteiger partial charge is 0.382 e. The van der Waals surface area contributed by atoms with Crippen molar-refractivity contribution in [2.24, 2.45) is 0 Å². The number of nitrogen functional groups attached to an aromatic ring is 1. The number of anilines is 2. The number of amides is 1. The molecule has 0 bridgehead atoms. The Labute approximate surface area is 123 Å². The number of likely N-dealkylation sites (N-methyl/N-ethyl adjacent to an activating group) is 1. The van der Waals surface area contributed by atoms with Crippen molar-refractivity contribution in [1.29, 1.82) is 0 Å². The molecule has 0 radical (unpaired) electrons. The van der Waals surface area contributed by atoms with Crippen LogP contribution >= 0.6 is 11.3 Å². The molecule has 1 heterocycles. The highest BCUT2D eigenvalue weighted by molar-refractivity contribution is 7.18. The lowest BCUT2D eigenvalue weighted by Crippen LogP contribution is -2.33. The van der Waals surface area contributed by atoms with Crippen LogP contribution in [0.15, 0.2) is 0 Å². The molecule has 7 heteroatoms. The summed E-state index contributed by atoms with van der Waals surface area (Å²) in [6, 6.07) is 0.713. The number of hydrogen-bond acceptors (Lipinski definition) is 6. The molecule has 0 aliphatic heterocycles. The van der Waals surface area contributed by atoms with Gasteiger partial charge in [0.05, 0.1) is 0 Å². The number of carbonyl (C=O) groups excluding carboxylic acids is 1. The summed E-state index contributed by atoms with van der Waals surface area (Å²) in [5, 5.41) is 6.76. The van der Waals surface area contributed by atoms with E-state index in [1.54, 1.807) is 0 Å². The minimum Gasteiger partial charge on any atom is -0.382 e. The summed E-state index contributed by atoms with van der Waals surface area (Å²) in [5.74, 6) is 0.176. The first-order chi connectivity index (χ1) is 9.61. The maximum atomic E-state index is 12.1. The molecule has 0 atom stereocenters. The lowest BCUT2D eigenvalue weighted by atomic mass is 10.4. The Morgan fingerprint density at radius 2 is 2.25 bits per heavy atom. The summed E-state index contributed by atoms with van der Waals surface area (Å²) in [6.45, 7) is 4.42. The molecule has 2 rings (SSSR count). The number of hydrogen-bond donors (Lipinski definition) is 3. The number of nitrogens with zero attached hydrogens (tertiary/aromatic N) is 2. The molecule has 20 heavy (non-hydrogen) atoms. The minimum absolute atomic E-state index is 0.131. The first-order valence-electron chi connectivity index (χ1n) is 7.10. The van der Waals surface area contributed by atoms with Crippen LogP contribution in [0.5, 0.6) is 0 Å². The molecule has 0 saturated heterocycles. The van der Waals surface area contributed by atoms with Crippen molar-refractivity contribution < 1.29 is 4.79 Å². The molecule has 1 aromatic rings. The topological polar surface area (TPSA) is 83.3 Å². The minimum atomic E-state index is -0.131. The maximum absolute atomic E-state index is 12.1. The van der Waals surface area contributed by atoms with E-state index in [0.29, 0.717) is 28.4 Å². The molecule has 0 spiro atoms. The number of thiazole rings is 1. The van der Waals surface area contributed by atoms with Gasteiger partial charge in [-0.05, 0) is 26.3 Å². The zero-order valence-corrected chi connectivity index (χ0v) is 12.9. The van der Waals surface area contributed by atoms with Crippen LogP contribution in [0.25, 0.3) is 0 Å². The van der Waals surface area contributed by atoms with Gasteiger partial charge in [0.2, 0.25) is 0 Å². The van der Waals surface area contributed by atoms with Crippen LogP contribution in [0, 0.1) is 0 Å². The standard InChI is InChI=1S/C13H23N5OS/c1-3-6-16-13-17-11(14)10(20-13)12(19)15-7-8-18(2)9-4-5-9/h9H,3-8,14H2,1-2H3,(H,15,19)(H,16,17). The second kappa shape index (κ2) is 6.90. The smallest absolute Gasteiger partial charge is 0.265 e. The van der Waals surface area contributed by atoms with Crippen LogP contribution in [0.1, 0.15) is 35.9 Å². The van der Waals surface area contributed by atoms with Crippen LogP contribution < -0.4 is 16.4 Å². The number of nitrogens with two attached hydrogens (primary N) is 1. The predicted molar refractivity (Wildman–Crippen MR) is 83.3 cm³/mol. The second-order valence-electron chi connectivity index (χ2n) is 5.13. The van der Waals surface area contributed by atoms with Gasteiger partial charge in [0.1, 0.15) is 10.7 Å². The average molecular weight is 297 g/mol. The number of carbonyl (C=O) groups is 1. The molecular formula is C13H23N5OS. The molecule has 1 saturated carbocycles. The fraction of sp³-hybridized carbons (Fsp3) is 0.692. The molecule has 1 aromatic heterocycles. The van der Waals surface area contributed by atoms with Crippen LogP contribution in [-0.4, -0.2) is 48.5 Å². The molecular weight excluding hydrogens is 274 g/mol. The Morgan fingerprint density at radius 3 is 2.90 bits per heavy atom. The third kappa shape index (κ3) is 4.08. The molecule has 6 nitrogen and oxygen atoms in total. The Morgan fingerprint density at radius 1 is 1.50 bits per heavy atom. The quantitative estimate of drug-likeness (QED) is 0.675. The molecule has 1 aliphatic carbocycles. The van der Waals surface area contributed by atoms with Gasteiger partial charge in [-0.15, -0.1) is 0 Å². The van der Waals surface area contributed by atoms with Crippen molar-refractivity contribution in [3.8, 4) is 0 Å². The maximum Gasteiger partial charge on any atom is 0.265 e. The molecule has 0 unspecified atom stereocenters. The van der Waals surface area contributed by atoms with Gasteiger partial charge in [-0.25, -0.2) is 4.98 Å². The Hall–Kier alpha value is -1.34. The highest BCUT2D eigenvalue weighted by atomic mass is 32.1. The summed E-state index contributed by atoms with van der Waals surface area (Å²) in [5.41, 5.74) is 5.79. The third-order valence-electron chi connectivity index (χ3n) is 3.31. The van der Waals surface area contributed by atoms with E-state index in [9.17, 15) is 4.79 Å². The van der Waals surface area contributed by atoms with Gasteiger partial charge in [0.15, 0.2) is 5.13 Å². The molecule has 112 valence electrons. The van der Waals surface area contributed by atoms with Gasteiger partial charge in [-0.2, -0.15) is 0 Å². The fourth-order valence-corrected chi connectivity index (χ4v) is 2.75. The van der Waals surface area contributed by atoms with Crippen LogP contribution in [0.4, 0.5) is 10.9 Å². The van der Waals surface area contributed by atoms with Gasteiger partial charge < -0.3 is 21.3 Å². The van der Waals surface area contributed by atoms with Crippen molar-refractivity contribution >= 4 is 28.2 Å². The number of nitrogens with one attached hydrogen (secondary N) is 2. The molecule has 1 fully saturated rings. The fourth-order valence-electron chi connectivity index (χ4n) is 1.93. The summed E-state index contributed by atoms with van der Waals surface area (Å²) < 4.78 is 0. The zero-order valence-electron chi connectivity index (χ0n) is 12.1. The molecule has 4 N–H and O–H groups in total. The van der Waals surface area contributed by atoms with Crippen molar-refractivity contribution in [3.05, 3.63) is 4.88 Å². The first kappa shape index (κ1) is 15.1. The Bertz CT molecular complexity index is 458. The van der Waals surface area contributed by atoms with E-state index in [1.807, 2.05) is 0 Å². The van der Waals surface area contributed by atoms with Crippen molar-refractivity contribution in [2.45, 2.75) is 32.2 Å². The van der Waals surface area contributed by atoms with E-state index < -0.39 is 0 Å². The van der Waals surface area contributed by atoms with E-state index >= 15 is 0 Å². The van der Waals surface area contributed by atoms with Crippen LogP contribution in [-0.2, 0) is 0 Å². The van der Waals surface area contributed by atoms with Crippen LogP contribution in [0.2, 0.25) is 0 Å². The van der Waals surface area contributed by atoms with Gasteiger partial charge in [0.25, 0.3) is 5.91 Å². The van der Waals surface area contributed by atoms with Crippen molar-refractivity contribution in [3.63, 3.8) is 0 Å². The molecule has 1 aliphatic rings. The average Bonchev–Trinajstić information content (AvgIpc) is 3.20. The highest BCUT2D eigenvalue weighted by Crippen LogP contribution is 2.25. The van der Waals surface area contributed by atoms with Crippen LogP contribution in [0.3, 0.4) is 0 Å². The summed E-state index contributed by atoms with van der Waals surface area (Å²) in [4.78, 5) is 19.0. The van der Waals surface area contributed by atoms with E-state index in [2.05, 4.69) is 34.5 Å². The number of aromatic nitrogens is 1. The SMILES string of the molecule is CCCNc1nc(N)c(C(=O)NCCN(C)C2CC2)s1. The van der Waals surface area contributed by atoms with Gasteiger partial charge in [0, 0.05) is 25.7 Å². The van der Waals surface area contributed by atoms with E-state index in [-0.39, 0.29) is 5.91 Å². The lowest BCUT2D eigenvalue weighted by molar-refractivity contribution is 0.0954.